The Balaban J connectivity index is 1.96. The van der Waals surface area contributed by atoms with Crippen molar-refractivity contribution in [1.29, 1.82) is 0 Å². The molecule has 0 atom stereocenters. The number of nitrogens with zero attached hydrogens (tertiary/aromatic N) is 1. The third-order valence-electron chi connectivity index (χ3n) is 3.58. The van der Waals surface area contributed by atoms with Crippen molar-refractivity contribution in [2.24, 2.45) is 0 Å². The van der Waals surface area contributed by atoms with Gasteiger partial charge in [0.25, 0.3) is 5.91 Å². The van der Waals surface area contributed by atoms with Crippen molar-refractivity contribution in [3.8, 4) is 11.5 Å². The lowest BCUT2D eigenvalue weighted by molar-refractivity contribution is -0.113. The van der Waals surface area contributed by atoms with Crippen molar-refractivity contribution in [1.82, 2.24) is 5.32 Å². The second kappa shape index (κ2) is 6.90. The van der Waals surface area contributed by atoms with E-state index in [0.717, 1.165) is 4.90 Å². The number of ether oxygens (including phenoxy) is 1. The first-order valence-electron chi connectivity index (χ1n) is 7.58. The number of phenolic OH excluding ortho intramolecular Hbond substituents is 1. The first-order chi connectivity index (χ1) is 12.0. The van der Waals surface area contributed by atoms with Gasteiger partial charge in [-0.05, 0) is 55.5 Å². The molecule has 7 heteroatoms. The van der Waals surface area contributed by atoms with E-state index in [1.165, 1.54) is 30.3 Å². The highest BCUT2D eigenvalue weighted by atomic mass is 32.1. The summed E-state index contributed by atoms with van der Waals surface area (Å²) in [5.41, 5.74) is 0.595. The number of aromatic hydroxyl groups is 1. The summed E-state index contributed by atoms with van der Waals surface area (Å²) >= 11 is 5.15. The minimum atomic E-state index is -0.553. The van der Waals surface area contributed by atoms with Crippen molar-refractivity contribution in [2.45, 2.75) is 6.92 Å². The molecule has 1 fully saturated rings. The molecular formula is C18H15FN2O3S. The third kappa shape index (κ3) is 3.32. The molecule has 3 rings (SSSR count). The van der Waals surface area contributed by atoms with Crippen LogP contribution in [0.4, 0.5) is 10.1 Å². The average molecular weight is 358 g/mol. The normalized spacial score (nSPS) is 15.6. The van der Waals surface area contributed by atoms with Crippen LogP contribution < -0.4 is 15.0 Å². The van der Waals surface area contributed by atoms with Gasteiger partial charge in [-0.2, -0.15) is 0 Å². The molecule has 1 aliphatic rings. The van der Waals surface area contributed by atoms with E-state index < -0.39 is 11.7 Å². The summed E-state index contributed by atoms with van der Waals surface area (Å²) in [7, 11) is 0. The van der Waals surface area contributed by atoms with Crippen molar-refractivity contribution in [3.63, 3.8) is 0 Å². The minimum absolute atomic E-state index is 0.0131. The zero-order valence-electron chi connectivity index (χ0n) is 13.3. The number of para-hydroxylation sites is 1. The highest BCUT2D eigenvalue weighted by Gasteiger charge is 2.33. The van der Waals surface area contributed by atoms with Gasteiger partial charge in [0.2, 0.25) is 0 Å². The molecule has 25 heavy (non-hydrogen) atoms. The van der Waals surface area contributed by atoms with Gasteiger partial charge in [-0.25, -0.2) is 9.29 Å². The summed E-state index contributed by atoms with van der Waals surface area (Å²) in [4.78, 5) is 13.7. The quantitative estimate of drug-likeness (QED) is 0.649. The number of amides is 1. The summed E-state index contributed by atoms with van der Waals surface area (Å²) < 4.78 is 19.4. The Morgan fingerprint density at radius 1 is 1.32 bits per heavy atom. The molecule has 2 N–H and O–H groups in total. The van der Waals surface area contributed by atoms with Gasteiger partial charge in [0.05, 0.1) is 12.3 Å². The molecule has 0 bridgehead atoms. The van der Waals surface area contributed by atoms with E-state index in [1.807, 2.05) is 6.92 Å². The number of carbonyl (C=O) groups excluding carboxylic acids is 1. The smallest absolute Gasteiger partial charge is 0.281 e. The average Bonchev–Trinajstić information content (AvgIpc) is 2.85. The van der Waals surface area contributed by atoms with Gasteiger partial charge in [-0.15, -0.1) is 0 Å². The van der Waals surface area contributed by atoms with E-state index in [1.54, 1.807) is 18.2 Å². The number of hydrogen-bond acceptors (Lipinski definition) is 4. The number of nitrogens with one attached hydrogen (secondary N) is 1. The van der Waals surface area contributed by atoms with Gasteiger partial charge in [-0.3, -0.25) is 4.79 Å². The van der Waals surface area contributed by atoms with Crippen LogP contribution in [0.1, 0.15) is 12.5 Å². The number of rotatable bonds is 4. The molecule has 1 saturated heterocycles. The van der Waals surface area contributed by atoms with Crippen LogP contribution >= 0.6 is 12.2 Å². The zero-order chi connectivity index (χ0) is 18.0. The van der Waals surface area contributed by atoms with E-state index in [-0.39, 0.29) is 22.2 Å². The van der Waals surface area contributed by atoms with Gasteiger partial charge in [-0.1, -0.05) is 12.1 Å². The molecule has 5 nitrogen and oxygen atoms in total. The lowest BCUT2D eigenvalue weighted by Gasteiger charge is -2.14. The number of halogens is 1. The van der Waals surface area contributed by atoms with Crippen molar-refractivity contribution in [2.75, 3.05) is 11.5 Å². The number of benzene rings is 2. The fourth-order valence-electron chi connectivity index (χ4n) is 2.45. The Kier molecular flexibility index (Phi) is 4.67. The lowest BCUT2D eigenvalue weighted by Crippen LogP contribution is -2.31. The molecule has 0 unspecified atom stereocenters. The van der Waals surface area contributed by atoms with Crippen LogP contribution in [0, 0.1) is 5.82 Å². The number of hydrogen-bond donors (Lipinski definition) is 2. The molecule has 1 amide bonds. The second-order valence-corrected chi connectivity index (χ2v) is 5.62. The molecule has 1 heterocycles. The van der Waals surface area contributed by atoms with Gasteiger partial charge in [0, 0.05) is 5.56 Å². The maximum atomic E-state index is 14.0. The Labute approximate surface area is 149 Å². The fraction of sp³-hybridized carbons (Fsp3) is 0.111. The zero-order valence-corrected chi connectivity index (χ0v) is 14.1. The van der Waals surface area contributed by atoms with Gasteiger partial charge < -0.3 is 15.2 Å². The van der Waals surface area contributed by atoms with Gasteiger partial charge in [0.15, 0.2) is 5.11 Å². The van der Waals surface area contributed by atoms with Gasteiger partial charge in [0.1, 0.15) is 23.0 Å². The number of thiocarbonyl (C=S) groups is 1. The van der Waals surface area contributed by atoms with Crippen LogP contribution in [-0.2, 0) is 4.79 Å². The molecule has 2 aromatic rings. The first kappa shape index (κ1) is 16.9. The summed E-state index contributed by atoms with van der Waals surface area (Å²) in [5.74, 6) is -0.509. The van der Waals surface area contributed by atoms with Crippen LogP contribution in [0.5, 0.6) is 11.5 Å². The maximum Gasteiger partial charge on any atom is 0.281 e. The standard InChI is InChI=1S/C18H15FN2O3S/c1-2-24-12-7-8-16(22)11(9-12)10-14-17(23)21(18(25)20-14)15-6-4-3-5-13(15)19/h3-10,22H,2H2,1H3,(H,20,25)/b14-10+. The maximum absolute atomic E-state index is 14.0. The van der Waals surface area contributed by atoms with E-state index in [2.05, 4.69) is 5.32 Å². The van der Waals surface area contributed by atoms with E-state index >= 15 is 0 Å². The number of carbonyl (C=O) groups is 1. The summed E-state index contributed by atoms with van der Waals surface area (Å²) in [6.07, 6.45) is 1.45. The molecule has 1 aliphatic heterocycles. The largest absolute Gasteiger partial charge is 0.507 e. The molecule has 128 valence electrons. The van der Waals surface area contributed by atoms with Crippen LogP contribution in [0.25, 0.3) is 6.08 Å². The fourth-order valence-corrected chi connectivity index (χ4v) is 2.74. The van der Waals surface area contributed by atoms with E-state index in [0.29, 0.717) is 17.9 Å². The Hall–Kier alpha value is -2.93. The van der Waals surface area contributed by atoms with Crippen molar-refractivity contribution >= 4 is 35.0 Å². The molecule has 0 spiro atoms. The van der Waals surface area contributed by atoms with Crippen molar-refractivity contribution in [3.05, 3.63) is 59.5 Å². The monoisotopic (exact) mass is 358 g/mol. The van der Waals surface area contributed by atoms with Crippen LogP contribution in [0.3, 0.4) is 0 Å². The Morgan fingerprint density at radius 3 is 2.80 bits per heavy atom. The molecule has 0 radical (unpaired) electrons. The molecule has 0 aliphatic carbocycles. The summed E-state index contributed by atoms with van der Waals surface area (Å²) in [6, 6.07) is 10.6. The number of phenols is 1. The predicted molar refractivity (Wildman–Crippen MR) is 96.9 cm³/mol. The summed E-state index contributed by atoms with van der Waals surface area (Å²) in [5, 5.41) is 12.8. The Morgan fingerprint density at radius 2 is 2.08 bits per heavy atom. The van der Waals surface area contributed by atoms with Crippen LogP contribution in [0.15, 0.2) is 48.2 Å². The summed E-state index contributed by atoms with van der Waals surface area (Å²) in [6.45, 7) is 2.32. The minimum Gasteiger partial charge on any atom is -0.507 e. The Bertz CT molecular complexity index is 882. The lowest BCUT2D eigenvalue weighted by atomic mass is 10.1. The first-order valence-corrected chi connectivity index (χ1v) is 7.99. The topological polar surface area (TPSA) is 61.8 Å². The SMILES string of the molecule is CCOc1ccc(O)c(/C=C2/NC(=S)N(c3ccccc3F)C2=O)c1. The van der Waals surface area contributed by atoms with E-state index in [4.69, 9.17) is 17.0 Å². The molecular weight excluding hydrogens is 343 g/mol. The molecule has 2 aromatic carbocycles. The highest BCUT2D eigenvalue weighted by molar-refractivity contribution is 7.80. The predicted octanol–water partition coefficient (Wildman–Crippen LogP) is 3.19. The van der Waals surface area contributed by atoms with Crippen LogP contribution in [0.2, 0.25) is 0 Å². The second-order valence-electron chi connectivity index (χ2n) is 5.23. The van der Waals surface area contributed by atoms with Gasteiger partial charge >= 0.3 is 0 Å². The molecule has 0 aromatic heterocycles. The van der Waals surface area contributed by atoms with Crippen molar-refractivity contribution < 1.29 is 19.0 Å². The van der Waals surface area contributed by atoms with Crippen LogP contribution in [-0.4, -0.2) is 22.7 Å². The molecule has 0 saturated carbocycles. The highest BCUT2D eigenvalue weighted by Crippen LogP contribution is 2.28. The number of anilines is 1. The third-order valence-corrected chi connectivity index (χ3v) is 3.87. The van der Waals surface area contributed by atoms with E-state index in [9.17, 15) is 14.3 Å².